The highest BCUT2D eigenvalue weighted by atomic mass is 32.1. The molecule has 21 heavy (non-hydrogen) atoms. The van der Waals surface area contributed by atoms with E-state index in [0.29, 0.717) is 5.00 Å². The molecule has 0 aromatic carbocycles. The third-order valence-electron chi connectivity index (χ3n) is 4.31. The van der Waals surface area contributed by atoms with Gasteiger partial charge >= 0.3 is 5.97 Å². The predicted octanol–water partition coefficient (Wildman–Crippen LogP) is 4.36. The molecule has 5 heteroatoms. The predicted molar refractivity (Wildman–Crippen MR) is 85.2 cm³/mol. The van der Waals surface area contributed by atoms with Gasteiger partial charge in [0.2, 0.25) is 5.91 Å². The quantitative estimate of drug-likeness (QED) is 0.871. The number of nitrogens with one attached hydrogen (secondary N) is 1. The second-order valence-corrected chi connectivity index (χ2v) is 7.05. The lowest BCUT2D eigenvalue weighted by atomic mass is 9.90. The van der Waals surface area contributed by atoms with Gasteiger partial charge in [0.15, 0.2) is 0 Å². The molecule has 1 aromatic rings. The van der Waals surface area contributed by atoms with Crippen LogP contribution in [0, 0.1) is 19.8 Å². The number of hydrogen-bond donors (Lipinski definition) is 2. The zero-order valence-corrected chi connectivity index (χ0v) is 13.5. The molecule has 0 spiro atoms. The van der Waals surface area contributed by atoms with Gasteiger partial charge in [-0.25, -0.2) is 4.79 Å². The van der Waals surface area contributed by atoms with Crippen molar-refractivity contribution in [2.75, 3.05) is 5.32 Å². The molecule has 1 fully saturated rings. The lowest BCUT2D eigenvalue weighted by Gasteiger charge is -2.18. The number of anilines is 1. The molecule has 0 radical (unpaired) electrons. The van der Waals surface area contributed by atoms with Gasteiger partial charge in [0.05, 0.1) is 5.56 Å². The van der Waals surface area contributed by atoms with Gasteiger partial charge in [0.25, 0.3) is 0 Å². The number of thiophene rings is 1. The maximum atomic E-state index is 12.4. The van der Waals surface area contributed by atoms with Crippen molar-refractivity contribution in [3.63, 3.8) is 0 Å². The molecule has 1 aliphatic rings. The Morgan fingerprint density at radius 2 is 1.67 bits per heavy atom. The van der Waals surface area contributed by atoms with Crippen LogP contribution in [0.2, 0.25) is 0 Å². The van der Waals surface area contributed by atoms with Crippen molar-refractivity contribution in [3.8, 4) is 0 Å². The lowest BCUT2D eigenvalue weighted by molar-refractivity contribution is -0.120. The number of carbonyl (C=O) groups excluding carboxylic acids is 1. The highest BCUT2D eigenvalue weighted by Gasteiger charge is 2.24. The summed E-state index contributed by atoms with van der Waals surface area (Å²) in [5.41, 5.74) is 0.997. The summed E-state index contributed by atoms with van der Waals surface area (Å²) in [5, 5.41) is 12.7. The van der Waals surface area contributed by atoms with Crippen LogP contribution in [0.3, 0.4) is 0 Å². The Morgan fingerprint density at radius 3 is 2.24 bits per heavy atom. The molecule has 1 aliphatic carbocycles. The van der Waals surface area contributed by atoms with Crippen LogP contribution in [0.1, 0.15) is 65.7 Å². The van der Waals surface area contributed by atoms with E-state index in [4.69, 9.17) is 0 Å². The molecule has 116 valence electrons. The van der Waals surface area contributed by atoms with Gasteiger partial charge in [-0.05, 0) is 32.3 Å². The van der Waals surface area contributed by atoms with Gasteiger partial charge in [0.1, 0.15) is 5.00 Å². The number of aromatic carboxylic acids is 1. The summed E-state index contributed by atoms with van der Waals surface area (Å²) >= 11 is 1.36. The van der Waals surface area contributed by atoms with E-state index in [1.165, 1.54) is 30.6 Å². The summed E-state index contributed by atoms with van der Waals surface area (Å²) in [6.45, 7) is 3.68. The van der Waals surface area contributed by atoms with Crippen molar-refractivity contribution in [2.24, 2.45) is 5.92 Å². The summed E-state index contributed by atoms with van der Waals surface area (Å²) in [6, 6.07) is 0. The van der Waals surface area contributed by atoms with Gasteiger partial charge in [-0.1, -0.05) is 32.1 Å². The topological polar surface area (TPSA) is 66.4 Å². The smallest absolute Gasteiger partial charge is 0.338 e. The molecule has 2 rings (SSSR count). The van der Waals surface area contributed by atoms with Crippen LogP contribution in [0.25, 0.3) is 0 Å². The van der Waals surface area contributed by atoms with Crippen molar-refractivity contribution >= 4 is 28.2 Å². The van der Waals surface area contributed by atoms with E-state index in [1.54, 1.807) is 6.92 Å². The van der Waals surface area contributed by atoms with Crippen molar-refractivity contribution in [1.29, 1.82) is 0 Å². The minimum absolute atomic E-state index is 0.0133. The number of carboxylic acids is 1. The van der Waals surface area contributed by atoms with Crippen LogP contribution < -0.4 is 5.32 Å². The third-order valence-corrected chi connectivity index (χ3v) is 5.43. The third kappa shape index (κ3) is 3.84. The molecule has 1 saturated carbocycles. The Labute approximate surface area is 129 Å². The minimum Gasteiger partial charge on any atom is -0.478 e. The van der Waals surface area contributed by atoms with Crippen LogP contribution in [-0.4, -0.2) is 17.0 Å². The van der Waals surface area contributed by atoms with E-state index in [-0.39, 0.29) is 17.4 Å². The average Bonchev–Trinajstić information content (AvgIpc) is 2.63. The number of aryl methyl sites for hydroxylation is 1. The molecule has 0 aliphatic heterocycles. The molecule has 0 unspecified atom stereocenters. The summed E-state index contributed by atoms with van der Waals surface area (Å²) < 4.78 is 0. The van der Waals surface area contributed by atoms with Crippen molar-refractivity contribution < 1.29 is 14.7 Å². The standard InChI is InChI=1S/C16H23NO3S/c1-10-11(2)21-15(13(10)16(19)20)17-14(18)12-8-6-4-3-5-7-9-12/h12H,3-9H2,1-2H3,(H,17,18)(H,19,20). The van der Waals surface area contributed by atoms with Gasteiger partial charge in [-0.15, -0.1) is 11.3 Å². The van der Waals surface area contributed by atoms with Crippen molar-refractivity contribution in [1.82, 2.24) is 0 Å². The molecule has 1 amide bonds. The van der Waals surface area contributed by atoms with E-state index in [0.717, 1.165) is 36.1 Å². The van der Waals surface area contributed by atoms with Gasteiger partial charge in [0, 0.05) is 10.8 Å². The Hall–Kier alpha value is -1.36. The van der Waals surface area contributed by atoms with E-state index in [9.17, 15) is 14.7 Å². The molecule has 1 aromatic heterocycles. The fourth-order valence-corrected chi connectivity index (χ4v) is 3.96. The Bertz CT molecular complexity index is 528. The molecular weight excluding hydrogens is 286 g/mol. The first kappa shape index (κ1) is 16.0. The lowest BCUT2D eigenvalue weighted by Crippen LogP contribution is -2.24. The molecule has 0 saturated heterocycles. The fraction of sp³-hybridized carbons (Fsp3) is 0.625. The van der Waals surface area contributed by atoms with Crippen LogP contribution in [-0.2, 0) is 4.79 Å². The highest BCUT2D eigenvalue weighted by molar-refractivity contribution is 7.16. The summed E-state index contributed by atoms with van der Waals surface area (Å²) in [6.07, 6.45) is 7.66. The zero-order chi connectivity index (χ0) is 15.4. The fourth-order valence-electron chi connectivity index (χ4n) is 2.90. The molecule has 0 bridgehead atoms. The van der Waals surface area contributed by atoms with Gasteiger partial charge in [-0.3, -0.25) is 4.79 Å². The van der Waals surface area contributed by atoms with Crippen LogP contribution in [0.15, 0.2) is 0 Å². The molecule has 0 atom stereocenters. The molecule has 4 nitrogen and oxygen atoms in total. The minimum atomic E-state index is -0.968. The largest absolute Gasteiger partial charge is 0.478 e. The highest BCUT2D eigenvalue weighted by Crippen LogP contribution is 2.33. The number of hydrogen-bond acceptors (Lipinski definition) is 3. The number of carbonyl (C=O) groups is 2. The Balaban J connectivity index is 2.11. The maximum Gasteiger partial charge on any atom is 0.338 e. The molecule has 1 heterocycles. The molecule has 2 N–H and O–H groups in total. The second kappa shape index (κ2) is 7.07. The van der Waals surface area contributed by atoms with Crippen molar-refractivity contribution in [3.05, 3.63) is 16.0 Å². The van der Waals surface area contributed by atoms with Crippen molar-refractivity contribution in [2.45, 2.75) is 58.8 Å². The summed E-state index contributed by atoms with van der Waals surface area (Å²) in [4.78, 5) is 24.7. The van der Waals surface area contributed by atoms with E-state index >= 15 is 0 Å². The summed E-state index contributed by atoms with van der Waals surface area (Å²) in [7, 11) is 0. The zero-order valence-electron chi connectivity index (χ0n) is 12.7. The molecular formula is C16H23NO3S. The second-order valence-electron chi connectivity index (χ2n) is 5.82. The average molecular weight is 309 g/mol. The van der Waals surface area contributed by atoms with E-state index in [1.807, 2.05) is 6.92 Å². The number of amides is 1. The van der Waals surface area contributed by atoms with Crippen LogP contribution in [0.4, 0.5) is 5.00 Å². The number of carboxylic acid groups (broad SMARTS) is 1. The van der Waals surface area contributed by atoms with Crippen LogP contribution >= 0.6 is 11.3 Å². The monoisotopic (exact) mass is 309 g/mol. The maximum absolute atomic E-state index is 12.4. The first-order chi connectivity index (χ1) is 10.0. The van der Waals surface area contributed by atoms with E-state index in [2.05, 4.69) is 5.32 Å². The number of rotatable bonds is 3. The van der Waals surface area contributed by atoms with E-state index < -0.39 is 5.97 Å². The Kier molecular flexibility index (Phi) is 5.39. The Morgan fingerprint density at radius 1 is 1.10 bits per heavy atom. The summed E-state index contributed by atoms with van der Waals surface area (Å²) in [5.74, 6) is -0.958. The normalized spacial score (nSPS) is 17.0. The first-order valence-corrected chi connectivity index (χ1v) is 8.46. The SMILES string of the molecule is Cc1sc(NC(=O)C2CCCCCCC2)c(C(=O)O)c1C. The van der Waals surface area contributed by atoms with Crippen LogP contribution in [0.5, 0.6) is 0 Å². The van der Waals surface area contributed by atoms with Gasteiger partial charge in [-0.2, -0.15) is 0 Å². The van der Waals surface area contributed by atoms with Gasteiger partial charge < -0.3 is 10.4 Å². The first-order valence-electron chi connectivity index (χ1n) is 7.65.